The SMILES string of the molecule is O=C(OC1OCC1CCOc1ccc(Br)cc1)c1c[nH]c2cc(Cl)c(-c3ccc(OCCC4COC4)cc3)cc12. The number of halogens is 2. The monoisotopic (exact) mass is 625 g/mol. The number of fused-ring (bicyclic) bond motifs is 1. The predicted octanol–water partition coefficient (Wildman–Crippen LogP) is 7.26. The van der Waals surface area contributed by atoms with Gasteiger partial charge in [0, 0.05) is 39.0 Å². The molecule has 0 spiro atoms. The maximum Gasteiger partial charge on any atom is 0.342 e. The molecule has 0 aliphatic carbocycles. The quantitative estimate of drug-likeness (QED) is 0.177. The van der Waals surface area contributed by atoms with Crippen molar-refractivity contribution >= 4 is 44.4 Å². The zero-order chi connectivity index (χ0) is 27.5. The van der Waals surface area contributed by atoms with Crippen LogP contribution in [-0.4, -0.2) is 50.3 Å². The van der Waals surface area contributed by atoms with Crippen molar-refractivity contribution in [2.24, 2.45) is 11.8 Å². The molecule has 40 heavy (non-hydrogen) atoms. The van der Waals surface area contributed by atoms with Crippen LogP contribution in [0.2, 0.25) is 5.02 Å². The van der Waals surface area contributed by atoms with Crippen LogP contribution < -0.4 is 9.47 Å². The van der Waals surface area contributed by atoms with Gasteiger partial charge in [0.05, 0.1) is 43.6 Å². The van der Waals surface area contributed by atoms with E-state index in [0.717, 1.165) is 64.1 Å². The summed E-state index contributed by atoms with van der Waals surface area (Å²) in [6, 6.07) is 19.3. The highest BCUT2D eigenvalue weighted by Crippen LogP contribution is 2.35. The topological polar surface area (TPSA) is 79.0 Å². The second-order valence-corrected chi connectivity index (χ2v) is 11.4. The van der Waals surface area contributed by atoms with Crippen LogP contribution >= 0.6 is 27.5 Å². The normalized spacial score (nSPS) is 18.6. The molecule has 2 fully saturated rings. The molecule has 6 rings (SSSR count). The van der Waals surface area contributed by atoms with E-state index >= 15 is 0 Å². The summed E-state index contributed by atoms with van der Waals surface area (Å²) in [7, 11) is 0. The lowest BCUT2D eigenvalue weighted by Crippen LogP contribution is -2.43. The Balaban J connectivity index is 1.08. The van der Waals surface area contributed by atoms with Crippen LogP contribution in [0.25, 0.3) is 22.0 Å². The Hall–Kier alpha value is -3.04. The Morgan fingerprint density at radius 3 is 2.30 bits per heavy atom. The van der Waals surface area contributed by atoms with Crippen molar-refractivity contribution < 1.29 is 28.5 Å². The van der Waals surface area contributed by atoms with Gasteiger partial charge < -0.3 is 28.7 Å². The van der Waals surface area contributed by atoms with Gasteiger partial charge in [0.1, 0.15) is 11.5 Å². The van der Waals surface area contributed by atoms with Gasteiger partial charge >= 0.3 is 5.97 Å². The van der Waals surface area contributed by atoms with Crippen molar-refractivity contribution in [2.75, 3.05) is 33.0 Å². The molecule has 2 aliphatic heterocycles. The highest BCUT2D eigenvalue weighted by Gasteiger charge is 2.36. The molecule has 1 aromatic heterocycles. The standard InChI is InChI=1S/C31H29BrClNO6/c32-22-3-7-24(8-4-22)38-12-10-21-18-39-31(21)40-30(35)27-15-34-29-14-28(33)25(13-26(27)29)20-1-5-23(6-2-20)37-11-9-19-16-36-17-19/h1-8,13-15,19,21,31,34H,9-12,16-18H2. The van der Waals surface area contributed by atoms with E-state index in [1.54, 1.807) is 6.20 Å². The molecule has 1 N–H and O–H groups in total. The van der Waals surface area contributed by atoms with Gasteiger partial charge in [-0.2, -0.15) is 0 Å². The zero-order valence-electron chi connectivity index (χ0n) is 21.7. The number of ether oxygens (including phenoxy) is 5. The van der Waals surface area contributed by atoms with Gasteiger partial charge in [0.2, 0.25) is 6.29 Å². The number of H-pyrrole nitrogens is 1. The van der Waals surface area contributed by atoms with E-state index in [1.807, 2.05) is 60.7 Å². The summed E-state index contributed by atoms with van der Waals surface area (Å²) < 4.78 is 29.2. The smallest absolute Gasteiger partial charge is 0.342 e. The molecule has 2 saturated heterocycles. The van der Waals surface area contributed by atoms with E-state index in [0.29, 0.717) is 36.3 Å². The number of esters is 1. The predicted molar refractivity (Wildman–Crippen MR) is 156 cm³/mol. The van der Waals surface area contributed by atoms with Gasteiger partial charge in [-0.25, -0.2) is 4.79 Å². The molecule has 3 aromatic carbocycles. The fraction of sp³-hybridized carbons (Fsp3) is 0.323. The molecule has 0 bridgehead atoms. The third kappa shape index (κ3) is 6.15. The van der Waals surface area contributed by atoms with Crippen molar-refractivity contribution in [3.63, 3.8) is 0 Å². The van der Waals surface area contributed by atoms with Crippen LogP contribution in [0.1, 0.15) is 23.2 Å². The zero-order valence-corrected chi connectivity index (χ0v) is 24.1. The van der Waals surface area contributed by atoms with E-state index in [1.165, 1.54) is 0 Å². The minimum absolute atomic E-state index is 0.0809. The molecule has 0 saturated carbocycles. The van der Waals surface area contributed by atoms with Gasteiger partial charge in [-0.05, 0) is 66.9 Å². The third-order valence-corrected chi connectivity index (χ3v) is 8.15. The van der Waals surface area contributed by atoms with Crippen LogP contribution in [0, 0.1) is 11.8 Å². The lowest BCUT2D eigenvalue weighted by atomic mass is 10.0. The summed E-state index contributed by atoms with van der Waals surface area (Å²) in [4.78, 5) is 16.3. The lowest BCUT2D eigenvalue weighted by molar-refractivity contribution is -0.234. The van der Waals surface area contributed by atoms with Crippen LogP contribution in [0.3, 0.4) is 0 Å². The molecular weight excluding hydrogens is 598 g/mol. The first-order chi connectivity index (χ1) is 19.5. The first kappa shape index (κ1) is 27.1. The lowest BCUT2D eigenvalue weighted by Gasteiger charge is -2.35. The van der Waals surface area contributed by atoms with Crippen LogP contribution in [0.4, 0.5) is 0 Å². The first-order valence-corrected chi connectivity index (χ1v) is 14.5. The van der Waals surface area contributed by atoms with Crippen molar-refractivity contribution in [3.05, 3.63) is 81.9 Å². The molecule has 208 valence electrons. The fourth-order valence-electron chi connectivity index (χ4n) is 4.75. The molecular formula is C31H29BrClNO6. The number of aromatic amines is 1. The average Bonchev–Trinajstić information content (AvgIpc) is 3.34. The van der Waals surface area contributed by atoms with Gasteiger partial charge in [0.25, 0.3) is 0 Å². The van der Waals surface area contributed by atoms with E-state index in [2.05, 4.69) is 20.9 Å². The van der Waals surface area contributed by atoms with Crippen molar-refractivity contribution in [3.8, 4) is 22.6 Å². The summed E-state index contributed by atoms with van der Waals surface area (Å²) in [5.74, 6) is 1.85. The summed E-state index contributed by atoms with van der Waals surface area (Å²) in [5, 5.41) is 1.32. The summed E-state index contributed by atoms with van der Waals surface area (Å²) >= 11 is 10.0. The van der Waals surface area contributed by atoms with Crippen LogP contribution in [0.15, 0.2) is 71.3 Å². The molecule has 7 nitrogen and oxygen atoms in total. The number of rotatable bonds is 11. The number of carbonyl (C=O) groups excluding carboxylic acids is 1. The number of benzene rings is 3. The van der Waals surface area contributed by atoms with E-state index in [-0.39, 0.29) is 5.92 Å². The Bertz CT molecular complexity index is 1470. The van der Waals surface area contributed by atoms with E-state index in [9.17, 15) is 4.79 Å². The summed E-state index contributed by atoms with van der Waals surface area (Å²) in [5.41, 5.74) is 2.95. The minimum atomic E-state index is -0.595. The number of hydrogen-bond donors (Lipinski definition) is 1. The second-order valence-electron chi connectivity index (χ2n) is 10.1. The largest absolute Gasteiger partial charge is 0.494 e. The summed E-state index contributed by atoms with van der Waals surface area (Å²) in [6.07, 6.45) is 2.77. The summed E-state index contributed by atoms with van der Waals surface area (Å²) in [6.45, 7) is 3.36. The van der Waals surface area contributed by atoms with Gasteiger partial charge in [-0.3, -0.25) is 0 Å². The Kier molecular flexibility index (Phi) is 8.30. The van der Waals surface area contributed by atoms with E-state index < -0.39 is 12.3 Å². The number of nitrogens with one attached hydrogen (secondary N) is 1. The third-order valence-electron chi connectivity index (χ3n) is 7.31. The first-order valence-electron chi connectivity index (χ1n) is 13.4. The van der Waals surface area contributed by atoms with Crippen molar-refractivity contribution in [1.29, 1.82) is 0 Å². The number of aromatic nitrogens is 1. The fourth-order valence-corrected chi connectivity index (χ4v) is 5.28. The Labute approximate surface area is 245 Å². The van der Waals surface area contributed by atoms with Gasteiger partial charge in [-0.1, -0.05) is 39.7 Å². The Morgan fingerprint density at radius 2 is 1.65 bits per heavy atom. The second kappa shape index (κ2) is 12.2. The molecule has 2 atom stereocenters. The highest BCUT2D eigenvalue weighted by molar-refractivity contribution is 9.10. The van der Waals surface area contributed by atoms with Crippen LogP contribution in [-0.2, 0) is 14.2 Å². The van der Waals surface area contributed by atoms with Crippen molar-refractivity contribution in [2.45, 2.75) is 19.1 Å². The van der Waals surface area contributed by atoms with Gasteiger partial charge in [-0.15, -0.1) is 0 Å². The Morgan fingerprint density at radius 1 is 0.950 bits per heavy atom. The maximum absolute atomic E-state index is 13.1. The van der Waals surface area contributed by atoms with Crippen molar-refractivity contribution in [1.82, 2.24) is 4.98 Å². The van der Waals surface area contributed by atoms with Gasteiger partial charge in [0.15, 0.2) is 0 Å². The number of carbonyl (C=O) groups is 1. The highest BCUT2D eigenvalue weighted by atomic mass is 79.9. The molecule has 9 heteroatoms. The average molecular weight is 627 g/mol. The molecule has 2 unspecified atom stereocenters. The molecule has 2 aliphatic rings. The van der Waals surface area contributed by atoms with E-state index in [4.69, 9.17) is 35.3 Å². The molecule has 0 amide bonds. The molecule has 3 heterocycles. The molecule has 0 radical (unpaired) electrons. The molecule has 4 aromatic rings. The number of hydrogen-bond acceptors (Lipinski definition) is 6. The maximum atomic E-state index is 13.1. The minimum Gasteiger partial charge on any atom is -0.494 e. The van der Waals surface area contributed by atoms with Crippen LogP contribution in [0.5, 0.6) is 11.5 Å².